The molecule has 6 heteroatoms. The van der Waals surface area contributed by atoms with Crippen LogP contribution in [0.5, 0.6) is 5.75 Å². The van der Waals surface area contributed by atoms with E-state index in [1.807, 2.05) is 24.3 Å². The van der Waals surface area contributed by atoms with Gasteiger partial charge in [-0.25, -0.2) is 9.78 Å². The predicted octanol–water partition coefficient (Wildman–Crippen LogP) is 3.91. The first kappa shape index (κ1) is 18.9. The van der Waals surface area contributed by atoms with Gasteiger partial charge in [-0.2, -0.15) is 0 Å². The average molecular weight is 368 g/mol. The molecular formula is C21H24N2O4. The van der Waals surface area contributed by atoms with E-state index in [1.54, 1.807) is 24.3 Å². The lowest BCUT2D eigenvalue weighted by Crippen LogP contribution is -2.18. The Labute approximate surface area is 158 Å². The molecular weight excluding hydrogens is 344 g/mol. The van der Waals surface area contributed by atoms with Gasteiger partial charge in [-0.15, -0.1) is 0 Å². The number of carbonyl (C=O) groups is 1. The molecule has 142 valence electrons. The number of rotatable bonds is 11. The summed E-state index contributed by atoms with van der Waals surface area (Å²) in [4.78, 5) is 15.4. The summed E-state index contributed by atoms with van der Waals surface area (Å²) < 4.78 is 11.3. The highest BCUT2D eigenvalue weighted by Crippen LogP contribution is 2.16. The third kappa shape index (κ3) is 5.82. The number of nitrogens with zero attached hydrogens (tertiary/aromatic N) is 1. The Kier molecular flexibility index (Phi) is 6.82. The third-order valence-corrected chi connectivity index (χ3v) is 4.18. The molecule has 0 aliphatic rings. The van der Waals surface area contributed by atoms with E-state index in [1.165, 1.54) is 0 Å². The molecule has 0 saturated heterocycles. The summed E-state index contributed by atoms with van der Waals surface area (Å²) in [6.45, 7) is 2.36. The second kappa shape index (κ2) is 9.73. The Morgan fingerprint density at radius 1 is 1.07 bits per heavy atom. The summed E-state index contributed by atoms with van der Waals surface area (Å²) in [6.07, 6.45) is 3.79. The maximum absolute atomic E-state index is 10.9. The number of benzene rings is 2. The van der Waals surface area contributed by atoms with Crippen molar-refractivity contribution < 1.29 is 19.1 Å². The van der Waals surface area contributed by atoms with Crippen LogP contribution in [0.2, 0.25) is 0 Å². The zero-order chi connectivity index (χ0) is 18.9. The molecule has 3 aromatic rings. The molecule has 1 heterocycles. The van der Waals surface area contributed by atoms with E-state index in [4.69, 9.17) is 14.3 Å². The fourth-order valence-corrected chi connectivity index (χ4v) is 2.78. The van der Waals surface area contributed by atoms with Crippen molar-refractivity contribution in [1.82, 2.24) is 10.3 Å². The van der Waals surface area contributed by atoms with Crippen LogP contribution in [0.4, 0.5) is 0 Å². The number of carboxylic acid groups (broad SMARTS) is 1. The number of hydrogen-bond acceptors (Lipinski definition) is 5. The van der Waals surface area contributed by atoms with Crippen LogP contribution < -0.4 is 10.1 Å². The number of hydrogen-bond donors (Lipinski definition) is 2. The lowest BCUT2D eigenvalue weighted by Gasteiger charge is -2.07. The summed E-state index contributed by atoms with van der Waals surface area (Å²) in [7, 11) is 0. The first-order valence-electron chi connectivity index (χ1n) is 9.24. The maximum atomic E-state index is 10.9. The van der Waals surface area contributed by atoms with Gasteiger partial charge in [-0.05, 0) is 62.7 Å². The van der Waals surface area contributed by atoms with E-state index >= 15 is 0 Å². The summed E-state index contributed by atoms with van der Waals surface area (Å²) >= 11 is 0. The van der Waals surface area contributed by atoms with Crippen LogP contribution >= 0.6 is 0 Å². The molecule has 2 aromatic carbocycles. The molecule has 0 aliphatic carbocycles. The number of nitrogens with one attached hydrogen (secondary N) is 1. The monoisotopic (exact) mass is 368 g/mol. The predicted molar refractivity (Wildman–Crippen MR) is 103 cm³/mol. The van der Waals surface area contributed by atoms with Gasteiger partial charge in [0.2, 0.25) is 0 Å². The fourth-order valence-electron chi connectivity index (χ4n) is 2.78. The summed E-state index contributed by atoms with van der Waals surface area (Å²) in [5, 5.41) is 12.3. The Hall–Kier alpha value is -2.86. The van der Waals surface area contributed by atoms with Crippen LogP contribution in [-0.4, -0.2) is 35.8 Å². The zero-order valence-electron chi connectivity index (χ0n) is 15.2. The molecule has 0 aliphatic heterocycles. The summed E-state index contributed by atoms with van der Waals surface area (Å²) in [6, 6.07) is 14.4. The molecule has 0 spiro atoms. The summed E-state index contributed by atoms with van der Waals surface area (Å²) in [5.74, 6) is 0.446. The van der Waals surface area contributed by atoms with Gasteiger partial charge in [0.05, 0.1) is 12.2 Å². The van der Waals surface area contributed by atoms with Gasteiger partial charge in [-0.1, -0.05) is 18.2 Å². The minimum absolute atomic E-state index is 0.240. The van der Waals surface area contributed by atoms with Crippen LogP contribution in [0.25, 0.3) is 11.1 Å². The van der Waals surface area contributed by atoms with Gasteiger partial charge in [-0.3, -0.25) is 0 Å². The number of para-hydroxylation sites is 2. The largest absolute Gasteiger partial charge is 0.494 e. The number of aryl methyl sites for hydroxylation is 1. The Morgan fingerprint density at radius 3 is 2.78 bits per heavy atom. The van der Waals surface area contributed by atoms with Gasteiger partial charge in [0.25, 0.3) is 0 Å². The quantitative estimate of drug-likeness (QED) is 0.499. The molecule has 2 N–H and O–H groups in total. The van der Waals surface area contributed by atoms with Gasteiger partial charge in [0, 0.05) is 6.42 Å². The first-order chi connectivity index (χ1) is 13.2. The van der Waals surface area contributed by atoms with Crippen molar-refractivity contribution in [2.24, 2.45) is 0 Å². The van der Waals surface area contributed by atoms with Crippen LogP contribution in [0.3, 0.4) is 0 Å². The second-order valence-electron chi connectivity index (χ2n) is 6.32. The van der Waals surface area contributed by atoms with E-state index in [0.29, 0.717) is 12.4 Å². The van der Waals surface area contributed by atoms with E-state index in [0.717, 1.165) is 55.8 Å². The number of unbranched alkanes of at least 4 members (excludes halogenated alkanes) is 1. The number of ether oxygens (including phenoxy) is 1. The number of aromatic carboxylic acids is 1. The van der Waals surface area contributed by atoms with Crippen LogP contribution in [0, 0.1) is 0 Å². The van der Waals surface area contributed by atoms with Gasteiger partial charge in [0.15, 0.2) is 11.5 Å². The normalized spacial score (nSPS) is 11.0. The van der Waals surface area contributed by atoms with Crippen molar-refractivity contribution in [3.8, 4) is 5.75 Å². The zero-order valence-corrected chi connectivity index (χ0v) is 15.2. The van der Waals surface area contributed by atoms with Crippen molar-refractivity contribution in [3.63, 3.8) is 0 Å². The minimum atomic E-state index is -0.944. The number of fused-ring (bicyclic) bond motifs is 1. The van der Waals surface area contributed by atoms with Crippen LogP contribution in [0.15, 0.2) is 52.9 Å². The van der Waals surface area contributed by atoms with Crippen LogP contribution in [-0.2, 0) is 6.42 Å². The van der Waals surface area contributed by atoms with Gasteiger partial charge >= 0.3 is 5.97 Å². The van der Waals surface area contributed by atoms with Crippen molar-refractivity contribution in [2.75, 3.05) is 19.7 Å². The van der Waals surface area contributed by atoms with Crippen molar-refractivity contribution in [2.45, 2.75) is 25.7 Å². The molecule has 0 fully saturated rings. The molecule has 0 unspecified atom stereocenters. The second-order valence-corrected chi connectivity index (χ2v) is 6.32. The lowest BCUT2D eigenvalue weighted by atomic mass is 10.2. The van der Waals surface area contributed by atoms with E-state index in [-0.39, 0.29) is 5.56 Å². The number of aromatic nitrogens is 1. The molecule has 3 rings (SSSR count). The van der Waals surface area contributed by atoms with E-state index in [9.17, 15) is 4.79 Å². The van der Waals surface area contributed by atoms with Crippen molar-refractivity contribution in [3.05, 3.63) is 60.0 Å². The summed E-state index contributed by atoms with van der Waals surface area (Å²) in [5.41, 5.74) is 2.00. The number of carboxylic acids is 1. The molecule has 1 aromatic heterocycles. The molecule has 0 bridgehead atoms. The number of oxazole rings is 1. The molecule has 0 saturated carbocycles. The SMILES string of the molecule is O=C(O)c1cccc(OCCCNCCCCc2nc3ccccc3o2)c1. The average Bonchev–Trinajstić information content (AvgIpc) is 3.09. The highest BCUT2D eigenvalue weighted by Gasteiger charge is 2.05. The Morgan fingerprint density at radius 2 is 1.93 bits per heavy atom. The third-order valence-electron chi connectivity index (χ3n) is 4.18. The van der Waals surface area contributed by atoms with Crippen molar-refractivity contribution in [1.29, 1.82) is 0 Å². The highest BCUT2D eigenvalue weighted by molar-refractivity contribution is 5.88. The van der Waals surface area contributed by atoms with Gasteiger partial charge < -0.3 is 19.6 Å². The van der Waals surface area contributed by atoms with Crippen LogP contribution in [0.1, 0.15) is 35.5 Å². The lowest BCUT2D eigenvalue weighted by molar-refractivity contribution is 0.0696. The highest BCUT2D eigenvalue weighted by atomic mass is 16.5. The Balaban J connectivity index is 1.23. The standard InChI is InChI=1S/C21H24N2O4/c24-21(25)16-7-5-8-17(15-16)26-14-6-13-22-12-4-3-11-20-23-18-9-1-2-10-19(18)27-20/h1-2,5,7-10,15,22H,3-4,6,11-14H2,(H,24,25). The molecule has 6 nitrogen and oxygen atoms in total. The molecule has 0 radical (unpaired) electrons. The smallest absolute Gasteiger partial charge is 0.335 e. The minimum Gasteiger partial charge on any atom is -0.494 e. The first-order valence-corrected chi connectivity index (χ1v) is 9.24. The fraction of sp³-hybridized carbons (Fsp3) is 0.333. The van der Waals surface area contributed by atoms with E-state index < -0.39 is 5.97 Å². The molecule has 0 amide bonds. The van der Waals surface area contributed by atoms with E-state index in [2.05, 4.69) is 10.3 Å². The Bertz CT molecular complexity index is 842. The van der Waals surface area contributed by atoms with Crippen molar-refractivity contribution >= 4 is 17.1 Å². The topological polar surface area (TPSA) is 84.6 Å². The molecule has 27 heavy (non-hydrogen) atoms. The molecule has 0 atom stereocenters. The maximum Gasteiger partial charge on any atom is 0.335 e. The van der Waals surface area contributed by atoms with Gasteiger partial charge in [0.1, 0.15) is 11.3 Å².